The minimum Gasteiger partial charge on any atom is -0.412 e. The number of rotatable bonds is 6. The van der Waals surface area contributed by atoms with Gasteiger partial charge in [0, 0.05) is 6.61 Å². The van der Waals surface area contributed by atoms with Crippen LogP contribution in [0.5, 0.6) is 0 Å². The van der Waals surface area contributed by atoms with Crippen molar-refractivity contribution in [1.82, 2.24) is 0 Å². The van der Waals surface area contributed by atoms with E-state index < -0.39 is 10.4 Å². The maximum absolute atomic E-state index is 8.74. The van der Waals surface area contributed by atoms with E-state index in [1.54, 1.807) is 6.08 Å². The second kappa shape index (κ2) is 13.5. The van der Waals surface area contributed by atoms with E-state index in [2.05, 4.69) is 13.5 Å². The van der Waals surface area contributed by atoms with E-state index in [0.29, 0.717) is 6.61 Å². The molecule has 0 amide bonds. The van der Waals surface area contributed by atoms with Crippen LogP contribution in [0.15, 0.2) is 12.7 Å². The van der Waals surface area contributed by atoms with Crippen LogP contribution in [-0.2, 0) is 15.1 Å². The first-order valence-electron chi connectivity index (χ1n) is 4.30. The number of unbranched alkanes of at least 4 members (excludes halogenated alkanes) is 2. The maximum Gasteiger partial charge on any atom is 0.394 e. The van der Waals surface area contributed by atoms with E-state index in [-0.39, 0.29) is 5.48 Å². The molecule has 15 heavy (non-hydrogen) atoms. The molecule has 0 heterocycles. The summed E-state index contributed by atoms with van der Waals surface area (Å²) in [4.78, 5) is 0. The monoisotopic (exact) mass is 244 g/mol. The summed E-state index contributed by atoms with van der Waals surface area (Å²) < 4.78 is 36.8. The van der Waals surface area contributed by atoms with Crippen molar-refractivity contribution < 1.29 is 27.7 Å². The van der Waals surface area contributed by atoms with Crippen LogP contribution in [0.25, 0.3) is 0 Å². The zero-order valence-corrected chi connectivity index (χ0v) is 9.66. The van der Waals surface area contributed by atoms with Crippen molar-refractivity contribution in [3.8, 4) is 0 Å². The van der Waals surface area contributed by atoms with Gasteiger partial charge >= 0.3 is 10.4 Å². The van der Waals surface area contributed by atoms with Gasteiger partial charge < -0.3 is 10.2 Å². The lowest BCUT2D eigenvalue weighted by molar-refractivity contribution is 0.158. The average molecular weight is 244 g/mol. The Balaban J connectivity index is -0.000000208. The zero-order valence-electron chi connectivity index (χ0n) is 8.85. The van der Waals surface area contributed by atoms with Crippen LogP contribution in [-0.4, -0.2) is 36.2 Å². The van der Waals surface area contributed by atoms with Crippen molar-refractivity contribution in [2.24, 2.45) is 0 Å². The zero-order chi connectivity index (χ0) is 11.4. The van der Waals surface area contributed by atoms with Gasteiger partial charge in [-0.15, -0.1) is 6.58 Å². The number of hydrogen-bond donors (Lipinski definition) is 2. The maximum atomic E-state index is 8.74. The molecule has 0 radical (unpaired) electrons. The van der Waals surface area contributed by atoms with Crippen LogP contribution in [0.3, 0.4) is 0 Å². The smallest absolute Gasteiger partial charge is 0.394 e. The molecule has 0 atom stereocenters. The van der Waals surface area contributed by atoms with E-state index in [4.69, 9.17) is 22.3 Å². The van der Waals surface area contributed by atoms with Gasteiger partial charge in [-0.1, -0.05) is 25.8 Å². The third kappa shape index (κ3) is 58.8. The molecule has 0 saturated carbocycles. The number of hydrogen-bond acceptors (Lipinski definition) is 3. The molecule has 0 spiro atoms. The molecule has 0 aliphatic rings. The quantitative estimate of drug-likeness (QED) is 0.409. The first-order chi connectivity index (χ1) is 6.41. The second-order valence-corrected chi connectivity index (χ2v) is 3.41. The molecule has 0 bridgehead atoms. The Morgan fingerprint density at radius 3 is 2.13 bits per heavy atom. The highest BCUT2D eigenvalue weighted by molar-refractivity contribution is 7.79. The largest absolute Gasteiger partial charge is 0.412 e. The van der Waals surface area contributed by atoms with Crippen molar-refractivity contribution >= 4 is 10.4 Å². The van der Waals surface area contributed by atoms with E-state index in [9.17, 15) is 0 Å². The first kappa shape index (κ1) is 20.0. The Kier molecular flexibility index (Phi) is 18.0. The van der Waals surface area contributed by atoms with E-state index in [1.165, 1.54) is 19.3 Å². The molecule has 0 aromatic heterocycles. The summed E-state index contributed by atoms with van der Waals surface area (Å²) in [6.45, 7) is 7.33. The summed E-state index contributed by atoms with van der Waals surface area (Å²) in [7, 11) is -4.67. The minimum absolute atomic E-state index is 0. The Hall–Kier alpha value is -0.470. The van der Waals surface area contributed by atoms with Crippen LogP contribution in [0, 0.1) is 0 Å². The third-order valence-electron chi connectivity index (χ3n) is 1.13. The molecule has 0 fully saturated rings. The highest BCUT2D eigenvalue weighted by atomic mass is 32.3. The average Bonchev–Trinajstić information content (AvgIpc) is 2.01. The predicted octanol–water partition coefficient (Wildman–Crippen LogP) is 0.902. The fourth-order valence-electron chi connectivity index (χ4n) is 0.621. The molecule has 0 saturated heterocycles. The van der Waals surface area contributed by atoms with E-state index in [0.717, 1.165) is 6.61 Å². The Bertz CT molecular complexity index is 203. The SMILES string of the molecule is C=CCOCCCCC.O.O=S(=O)(O)O. The van der Waals surface area contributed by atoms with Gasteiger partial charge in [0.15, 0.2) is 0 Å². The van der Waals surface area contributed by atoms with Crippen molar-refractivity contribution in [3.63, 3.8) is 0 Å². The highest BCUT2D eigenvalue weighted by Gasteiger charge is 1.84. The van der Waals surface area contributed by atoms with Crippen LogP contribution in [0.4, 0.5) is 0 Å². The molecule has 4 N–H and O–H groups in total. The summed E-state index contributed by atoms with van der Waals surface area (Å²) in [5, 5.41) is 0. The van der Waals surface area contributed by atoms with Gasteiger partial charge in [-0.05, 0) is 6.42 Å². The lowest BCUT2D eigenvalue weighted by atomic mass is 10.3. The van der Waals surface area contributed by atoms with Gasteiger partial charge in [-0.3, -0.25) is 9.11 Å². The fourth-order valence-corrected chi connectivity index (χ4v) is 0.621. The van der Waals surface area contributed by atoms with Gasteiger partial charge in [-0.25, -0.2) is 0 Å². The predicted molar refractivity (Wildman–Crippen MR) is 58.3 cm³/mol. The molecule has 0 aromatic rings. The lowest BCUT2D eigenvalue weighted by Crippen LogP contribution is -1.92. The molecule has 0 aliphatic heterocycles. The second-order valence-electron chi connectivity index (χ2n) is 2.52. The van der Waals surface area contributed by atoms with Crippen molar-refractivity contribution in [2.75, 3.05) is 13.2 Å². The van der Waals surface area contributed by atoms with Gasteiger partial charge in [0.05, 0.1) is 6.61 Å². The van der Waals surface area contributed by atoms with Gasteiger partial charge in [0.25, 0.3) is 0 Å². The fraction of sp³-hybridized carbons (Fsp3) is 0.750. The van der Waals surface area contributed by atoms with Crippen LogP contribution in [0.1, 0.15) is 26.2 Å². The molecular weight excluding hydrogens is 224 g/mol. The molecular formula is C8H20O6S. The van der Waals surface area contributed by atoms with Gasteiger partial charge in [0.1, 0.15) is 0 Å². The van der Waals surface area contributed by atoms with E-state index in [1.807, 2.05) is 0 Å². The summed E-state index contributed by atoms with van der Waals surface area (Å²) in [6, 6.07) is 0. The molecule has 0 aromatic carbocycles. The summed E-state index contributed by atoms with van der Waals surface area (Å²) in [5.41, 5.74) is 0. The van der Waals surface area contributed by atoms with Crippen LogP contribution in [0.2, 0.25) is 0 Å². The van der Waals surface area contributed by atoms with Gasteiger partial charge in [-0.2, -0.15) is 8.42 Å². The third-order valence-corrected chi connectivity index (χ3v) is 1.13. The Morgan fingerprint density at radius 1 is 1.33 bits per heavy atom. The Morgan fingerprint density at radius 2 is 1.80 bits per heavy atom. The molecule has 0 rings (SSSR count). The standard InChI is InChI=1S/C8H16O.H2O4S.H2O/c1-3-5-6-8-9-7-4-2;1-5(2,3)4;/h4H,2-3,5-8H2,1H3;(H2,1,2,3,4);1H2. The molecule has 7 heteroatoms. The van der Waals surface area contributed by atoms with Crippen LogP contribution >= 0.6 is 0 Å². The summed E-state index contributed by atoms with van der Waals surface area (Å²) in [6.07, 6.45) is 5.50. The first-order valence-corrected chi connectivity index (χ1v) is 5.70. The van der Waals surface area contributed by atoms with Crippen molar-refractivity contribution in [3.05, 3.63) is 12.7 Å². The highest BCUT2D eigenvalue weighted by Crippen LogP contribution is 1.93. The minimum atomic E-state index is -4.67. The molecule has 6 nitrogen and oxygen atoms in total. The lowest BCUT2D eigenvalue weighted by Gasteiger charge is -1.97. The summed E-state index contributed by atoms with van der Waals surface area (Å²) >= 11 is 0. The van der Waals surface area contributed by atoms with Gasteiger partial charge in [0.2, 0.25) is 0 Å². The van der Waals surface area contributed by atoms with E-state index >= 15 is 0 Å². The van der Waals surface area contributed by atoms with Crippen molar-refractivity contribution in [1.29, 1.82) is 0 Å². The normalized spacial score (nSPS) is 9.53. The molecule has 0 aliphatic carbocycles. The Labute approximate surface area is 90.8 Å². The molecule has 0 unspecified atom stereocenters. The summed E-state index contributed by atoms with van der Waals surface area (Å²) in [5.74, 6) is 0. The van der Waals surface area contributed by atoms with Crippen LogP contribution < -0.4 is 0 Å². The molecule has 94 valence electrons. The topological polar surface area (TPSA) is 115 Å². The van der Waals surface area contributed by atoms with Crippen molar-refractivity contribution in [2.45, 2.75) is 26.2 Å². The number of ether oxygens (including phenoxy) is 1.